The van der Waals surface area contributed by atoms with Gasteiger partial charge >= 0.3 is 5.97 Å². The van der Waals surface area contributed by atoms with Gasteiger partial charge in [0, 0.05) is 23.5 Å². The van der Waals surface area contributed by atoms with Crippen molar-refractivity contribution in [3.05, 3.63) is 78.3 Å². The van der Waals surface area contributed by atoms with E-state index < -0.39 is 5.97 Å². The Morgan fingerprint density at radius 3 is 2.73 bits per heavy atom. The van der Waals surface area contributed by atoms with Gasteiger partial charge in [-0.15, -0.1) is 0 Å². The minimum absolute atomic E-state index is 0.0351. The minimum Gasteiger partial charge on any atom is -0.475 e. The number of carbonyl (C=O) groups is 1. The number of carboxylic acid groups (broad SMARTS) is 1. The van der Waals surface area contributed by atoms with Gasteiger partial charge in [0.05, 0.1) is 17.4 Å². The van der Waals surface area contributed by atoms with E-state index in [0.717, 1.165) is 22.4 Å². The summed E-state index contributed by atoms with van der Waals surface area (Å²) in [5.41, 5.74) is 4.52. The highest BCUT2D eigenvalue weighted by Gasteiger charge is 2.14. The van der Waals surface area contributed by atoms with Gasteiger partial charge < -0.3 is 5.11 Å². The summed E-state index contributed by atoms with van der Waals surface area (Å²) in [7, 11) is 0. The summed E-state index contributed by atoms with van der Waals surface area (Å²) in [5, 5.41) is 9.18. The van der Waals surface area contributed by atoms with Crippen molar-refractivity contribution in [2.75, 3.05) is 0 Å². The molecule has 26 heavy (non-hydrogen) atoms. The highest BCUT2D eigenvalue weighted by Crippen LogP contribution is 2.31. The van der Waals surface area contributed by atoms with Crippen LogP contribution in [0.5, 0.6) is 0 Å². The number of hydrogen-bond donors (Lipinski definition) is 1. The maximum Gasteiger partial charge on any atom is 0.372 e. The van der Waals surface area contributed by atoms with Gasteiger partial charge in [-0.25, -0.2) is 14.2 Å². The van der Waals surface area contributed by atoms with E-state index in [1.54, 1.807) is 31.5 Å². The fourth-order valence-corrected chi connectivity index (χ4v) is 2.99. The number of imidazole rings is 1. The normalized spacial score (nSPS) is 11.0. The monoisotopic (exact) mass is 347 g/mol. The number of nitrogens with zero attached hydrogens (tertiary/aromatic N) is 3. The van der Waals surface area contributed by atoms with Gasteiger partial charge in [0.2, 0.25) is 5.82 Å². The van der Waals surface area contributed by atoms with Gasteiger partial charge in [-0.1, -0.05) is 6.07 Å². The molecular weight excluding hydrogens is 333 g/mol. The van der Waals surface area contributed by atoms with E-state index in [4.69, 9.17) is 0 Å². The molecule has 3 heterocycles. The minimum atomic E-state index is -1.08. The van der Waals surface area contributed by atoms with Crippen LogP contribution in [0.3, 0.4) is 0 Å². The largest absolute Gasteiger partial charge is 0.475 e. The highest BCUT2D eigenvalue weighted by molar-refractivity contribution is 5.86. The van der Waals surface area contributed by atoms with Crippen molar-refractivity contribution in [1.29, 1.82) is 0 Å². The lowest BCUT2D eigenvalue weighted by molar-refractivity contribution is 0.0683. The first-order chi connectivity index (χ1) is 12.5. The average molecular weight is 347 g/mol. The number of aromatic carboxylic acids is 1. The molecule has 0 aliphatic rings. The van der Waals surface area contributed by atoms with Crippen LogP contribution in [0.4, 0.5) is 4.39 Å². The van der Waals surface area contributed by atoms with Crippen LogP contribution in [0.1, 0.15) is 16.2 Å². The standard InChI is InChI=1S/C20H14FN3O2/c1-12-9-14(4-5-17(12)21)18-16(3-2-7-22-18)13-6-8-24-15(10-13)11-23-19(24)20(25)26/h2-11H,1H3,(H,25,26). The summed E-state index contributed by atoms with van der Waals surface area (Å²) >= 11 is 0. The van der Waals surface area contributed by atoms with E-state index in [1.807, 2.05) is 24.3 Å². The molecule has 3 aromatic heterocycles. The summed E-state index contributed by atoms with van der Waals surface area (Å²) in [4.78, 5) is 19.6. The average Bonchev–Trinajstić information content (AvgIpc) is 3.07. The maximum atomic E-state index is 13.6. The molecule has 0 saturated carbocycles. The lowest BCUT2D eigenvalue weighted by Crippen LogP contribution is -2.03. The second-order valence-corrected chi connectivity index (χ2v) is 5.96. The quantitative estimate of drug-likeness (QED) is 0.603. The van der Waals surface area contributed by atoms with E-state index >= 15 is 0 Å². The summed E-state index contributed by atoms with van der Waals surface area (Å²) in [6, 6.07) is 12.3. The Hall–Kier alpha value is -3.54. The molecule has 1 aromatic carbocycles. The van der Waals surface area contributed by atoms with Gasteiger partial charge in [0.15, 0.2) is 0 Å². The second-order valence-electron chi connectivity index (χ2n) is 5.96. The first-order valence-electron chi connectivity index (χ1n) is 7.97. The van der Waals surface area contributed by atoms with Gasteiger partial charge in [0.25, 0.3) is 0 Å². The van der Waals surface area contributed by atoms with Crippen LogP contribution in [-0.4, -0.2) is 25.4 Å². The topological polar surface area (TPSA) is 67.5 Å². The molecule has 0 aliphatic carbocycles. The van der Waals surface area contributed by atoms with Gasteiger partial charge in [-0.2, -0.15) is 0 Å². The lowest BCUT2D eigenvalue weighted by Gasteiger charge is -2.10. The number of fused-ring (bicyclic) bond motifs is 1. The number of hydrogen-bond acceptors (Lipinski definition) is 3. The Morgan fingerprint density at radius 2 is 1.96 bits per heavy atom. The van der Waals surface area contributed by atoms with E-state index in [0.29, 0.717) is 11.1 Å². The number of halogens is 1. The number of aryl methyl sites for hydroxylation is 1. The summed E-state index contributed by atoms with van der Waals surface area (Å²) in [6.07, 6.45) is 4.89. The third-order valence-corrected chi connectivity index (χ3v) is 4.27. The Labute approximate surface area is 148 Å². The predicted octanol–water partition coefficient (Wildman–Crippen LogP) is 4.21. The molecule has 0 fully saturated rings. The van der Waals surface area contributed by atoms with Crippen molar-refractivity contribution in [2.24, 2.45) is 0 Å². The SMILES string of the molecule is Cc1cc(-c2ncccc2-c2ccn3c(C(=O)O)ncc3c2)ccc1F. The molecule has 0 saturated heterocycles. The Bertz CT molecular complexity index is 1150. The van der Waals surface area contributed by atoms with Crippen molar-refractivity contribution in [1.82, 2.24) is 14.4 Å². The summed E-state index contributed by atoms with van der Waals surface area (Å²) in [6.45, 7) is 1.72. The lowest BCUT2D eigenvalue weighted by atomic mass is 9.99. The van der Waals surface area contributed by atoms with Crippen molar-refractivity contribution in [2.45, 2.75) is 6.92 Å². The zero-order valence-corrected chi connectivity index (χ0v) is 13.8. The Morgan fingerprint density at radius 1 is 1.12 bits per heavy atom. The number of carboxylic acids is 1. The molecule has 128 valence electrons. The Kier molecular flexibility index (Phi) is 3.73. The van der Waals surface area contributed by atoms with Crippen molar-refractivity contribution in [3.63, 3.8) is 0 Å². The van der Waals surface area contributed by atoms with E-state index in [2.05, 4.69) is 9.97 Å². The molecule has 0 unspecified atom stereocenters. The molecule has 5 nitrogen and oxygen atoms in total. The predicted molar refractivity (Wildman–Crippen MR) is 95.5 cm³/mol. The van der Waals surface area contributed by atoms with Gasteiger partial charge in [-0.05, 0) is 54.4 Å². The zero-order chi connectivity index (χ0) is 18.3. The van der Waals surface area contributed by atoms with Crippen LogP contribution in [-0.2, 0) is 0 Å². The molecule has 0 spiro atoms. The summed E-state index contributed by atoms with van der Waals surface area (Å²) in [5.74, 6) is -1.37. The first-order valence-corrected chi connectivity index (χ1v) is 7.97. The Balaban J connectivity index is 1.87. The van der Waals surface area contributed by atoms with Crippen molar-refractivity contribution >= 4 is 11.5 Å². The van der Waals surface area contributed by atoms with Crippen LogP contribution in [0, 0.1) is 12.7 Å². The molecule has 6 heteroatoms. The third-order valence-electron chi connectivity index (χ3n) is 4.27. The van der Waals surface area contributed by atoms with Gasteiger partial charge in [-0.3, -0.25) is 9.38 Å². The fraction of sp³-hybridized carbons (Fsp3) is 0.0500. The number of pyridine rings is 2. The van der Waals surface area contributed by atoms with Crippen LogP contribution >= 0.6 is 0 Å². The molecule has 0 aliphatic heterocycles. The van der Waals surface area contributed by atoms with Crippen molar-refractivity contribution < 1.29 is 14.3 Å². The van der Waals surface area contributed by atoms with Crippen LogP contribution in [0.2, 0.25) is 0 Å². The first kappa shape index (κ1) is 16.0. The van der Waals surface area contributed by atoms with Crippen LogP contribution < -0.4 is 0 Å². The zero-order valence-electron chi connectivity index (χ0n) is 13.8. The molecule has 0 bridgehead atoms. The molecule has 0 amide bonds. The van der Waals surface area contributed by atoms with E-state index in [9.17, 15) is 14.3 Å². The molecule has 0 atom stereocenters. The number of rotatable bonds is 3. The third kappa shape index (κ3) is 2.61. The van der Waals surface area contributed by atoms with E-state index in [1.165, 1.54) is 16.7 Å². The smallest absolute Gasteiger partial charge is 0.372 e. The molecule has 4 rings (SSSR count). The fourth-order valence-electron chi connectivity index (χ4n) is 2.99. The van der Waals surface area contributed by atoms with Crippen LogP contribution in [0.15, 0.2) is 61.1 Å². The van der Waals surface area contributed by atoms with Crippen LogP contribution in [0.25, 0.3) is 27.9 Å². The second kappa shape index (κ2) is 6.07. The van der Waals surface area contributed by atoms with E-state index in [-0.39, 0.29) is 11.6 Å². The molecule has 1 N–H and O–H groups in total. The van der Waals surface area contributed by atoms with Crippen molar-refractivity contribution in [3.8, 4) is 22.4 Å². The van der Waals surface area contributed by atoms with Gasteiger partial charge in [0.1, 0.15) is 5.82 Å². The highest BCUT2D eigenvalue weighted by atomic mass is 19.1. The number of aromatic nitrogens is 3. The maximum absolute atomic E-state index is 13.6. The summed E-state index contributed by atoms with van der Waals surface area (Å²) < 4.78 is 15.1. The molecule has 4 aromatic rings. The molecular formula is C20H14FN3O2. The molecule has 0 radical (unpaired) electrons. The number of benzene rings is 1.